The second kappa shape index (κ2) is 11.5. The Labute approximate surface area is 290 Å². The molecule has 236 valence electrons. The van der Waals surface area contributed by atoms with E-state index < -0.39 is 0 Å². The van der Waals surface area contributed by atoms with E-state index in [1.165, 1.54) is 54.6 Å². The lowest BCUT2D eigenvalue weighted by atomic mass is 9.90. The predicted octanol–water partition coefficient (Wildman–Crippen LogP) is 13.1. The zero-order chi connectivity index (χ0) is 33.0. The van der Waals surface area contributed by atoms with E-state index in [2.05, 4.69) is 186 Å². The normalized spacial score (nSPS) is 12.4. The van der Waals surface area contributed by atoms with Gasteiger partial charge in [-0.1, -0.05) is 127 Å². The van der Waals surface area contributed by atoms with Gasteiger partial charge in [0.1, 0.15) is 5.58 Å². The maximum Gasteiger partial charge on any atom is 0.201 e. The van der Waals surface area contributed by atoms with E-state index in [0.717, 1.165) is 46.0 Å². The van der Waals surface area contributed by atoms with E-state index in [1.807, 2.05) is 0 Å². The fraction of sp³-hybridized carbons (Fsp3) is 0.0213. The molecule has 0 amide bonds. The molecule has 1 N–H and O–H groups in total. The van der Waals surface area contributed by atoms with Crippen LogP contribution < -0.4 is 10.2 Å². The van der Waals surface area contributed by atoms with Crippen LogP contribution in [0, 0.1) is 0 Å². The van der Waals surface area contributed by atoms with Gasteiger partial charge in [-0.25, -0.2) is 0 Å². The third kappa shape index (κ3) is 4.67. The number of benzene rings is 8. The number of hydrogen-bond acceptors (Lipinski definition) is 3. The van der Waals surface area contributed by atoms with Crippen LogP contribution in [0.5, 0.6) is 0 Å². The van der Waals surface area contributed by atoms with E-state index in [-0.39, 0.29) is 0 Å². The highest BCUT2D eigenvalue weighted by atomic mass is 16.3. The van der Waals surface area contributed by atoms with Crippen LogP contribution in [0.25, 0.3) is 71.6 Å². The molecule has 2 heterocycles. The standard InChI is InChI=1S/C47H32N2O/c1-2-9-31(10-3-1)32-16-21-36(22-17-32)49(38-25-27-45-44(30-38)42-15-8-28-48-47(42)50-45)37-23-18-34(19-24-37)43-29-35-12-5-6-13-39(35)41-26-20-33-11-4-7-14-40(33)46(41)43/h1-27,29-30,48H,28H2. The molecule has 1 aromatic heterocycles. The molecular weight excluding hydrogens is 609 g/mol. The van der Waals surface area contributed by atoms with Crippen molar-refractivity contribution in [3.05, 3.63) is 175 Å². The molecule has 10 rings (SSSR count). The van der Waals surface area contributed by atoms with Gasteiger partial charge in [0, 0.05) is 34.6 Å². The number of nitrogens with zero attached hydrogens (tertiary/aromatic N) is 1. The molecule has 0 spiro atoms. The number of furan rings is 1. The third-order valence-corrected chi connectivity index (χ3v) is 10.1. The molecule has 50 heavy (non-hydrogen) atoms. The molecule has 3 heteroatoms. The summed E-state index contributed by atoms with van der Waals surface area (Å²) in [5.74, 6) is 0.831. The van der Waals surface area contributed by atoms with Gasteiger partial charge < -0.3 is 14.6 Å². The molecule has 0 radical (unpaired) electrons. The van der Waals surface area contributed by atoms with Gasteiger partial charge in [0.2, 0.25) is 5.88 Å². The van der Waals surface area contributed by atoms with Gasteiger partial charge in [-0.2, -0.15) is 0 Å². The second-order valence-corrected chi connectivity index (χ2v) is 13.0. The first-order valence-corrected chi connectivity index (χ1v) is 17.1. The number of rotatable bonds is 5. The van der Waals surface area contributed by atoms with E-state index in [9.17, 15) is 0 Å². The Morgan fingerprint density at radius 1 is 0.480 bits per heavy atom. The van der Waals surface area contributed by atoms with Gasteiger partial charge in [0.05, 0.1) is 0 Å². The molecular formula is C47H32N2O. The van der Waals surface area contributed by atoms with Crippen LogP contribution in [0.2, 0.25) is 0 Å². The number of anilines is 4. The molecule has 0 bridgehead atoms. The summed E-state index contributed by atoms with van der Waals surface area (Å²) in [4.78, 5) is 2.34. The van der Waals surface area contributed by atoms with Crippen LogP contribution >= 0.6 is 0 Å². The molecule has 1 aliphatic heterocycles. The quantitative estimate of drug-likeness (QED) is 0.190. The highest BCUT2D eigenvalue weighted by Crippen LogP contribution is 2.43. The summed E-state index contributed by atoms with van der Waals surface area (Å²) in [5.41, 5.74) is 10.0. The van der Waals surface area contributed by atoms with Crippen LogP contribution in [0.1, 0.15) is 5.56 Å². The van der Waals surface area contributed by atoms with Crippen LogP contribution in [0.3, 0.4) is 0 Å². The largest absolute Gasteiger partial charge is 0.440 e. The Bertz CT molecular complexity index is 2740. The Morgan fingerprint density at radius 2 is 1.14 bits per heavy atom. The Morgan fingerprint density at radius 3 is 1.94 bits per heavy atom. The Hall–Kier alpha value is -6.58. The SMILES string of the molecule is C1=Cc2c(oc3ccc(N(c4ccc(-c5ccccc5)cc4)c4ccc(-c5cc6ccccc6c6ccc7ccccc7c56)cc4)cc23)NC1. The van der Waals surface area contributed by atoms with Crippen molar-refractivity contribution >= 4 is 72.3 Å². The lowest BCUT2D eigenvalue weighted by Gasteiger charge is -2.26. The fourth-order valence-corrected chi connectivity index (χ4v) is 7.65. The van der Waals surface area contributed by atoms with Crippen molar-refractivity contribution in [1.29, 1.82) is 0 Å². The van der Waals surface area contributed by atoms with Crippen molar-refractivity contribution in [3.8, 4) is 22.3 Å². The number of nitrogens with one attached hydrogen (secondary N) is 1. The van der Waals surface area contributed by atoms with E-state index in [4.69, 9.17) is 4.42 Å². The Balaban J connectivity index is 1.13. The first-order chi connectivity index (χ1) is 24.8. The molecule has 0 aliphatic carbocycles. The summed E-state index contributed by atoms with van der Waals surface area (Å²) in [5, 5.41) is 12.1. The van der Waals surface area contributed by atoms with Gasteiger partial charge in [-0.15, -0.1) is 0 Å². The van der Waals surface area contributed by atoms with Crippen molar-refractivity contribution in [2.45, 2.75) is 0 Å². The minimum Gasteiger partial charge on any atom is -0.440 e. The zero-order valence-corrected chi connectivity index (χ0v) is 27.3. The smallest absolute Gasteiger partial charge is 0.201 e. The summed E-state index contributed by atoms with van der Waals surface area (Å²) in [6.45, 7) is 0.772. The molecule has 0 atom stereocenters. The highest BCUT2D eigenvalue weighted by Gasteiger charge is 2.19. The first kappa shape index (κ1) is 28.4. The van der Waals surface area contributed by atoms with Crippen LogP contribution in [0.15, 0.2) is 174 Å². The van der Waals surface area contributed by atoms with Gasteiger partial charge in [0.15, 0.2) is 0 Å². The summed E-state index contributed by atoms with van der Waals surface area (Å²) in [6, 6.07) is 59.3. The molecule has 1 aliphatic rings. The summed E-state index contributed by atoms with van der Waals surface area (Å²) < 4.78 is 6.18. The lowest BCUT2D eigenvalue weighted by molar-refractivity contribution is 0.628. The van der Waals surface area contributed by atoms with Gasteiger partial charge in [-0.3, -0.25) is 0 Å². The molecule has 0 unspecified atom stereocenters. The summed E-state index contributed by atoms with van der Waals surface area (Å²) in [7, 11) is 0. The predicted molar refractivity (Wildman–Crippen MR) is 212 cm³/mol. The molecule has 0 saturated carbocycles. The maximum atomic E-state index is 6.18. The van der Waals surface area contributed by atoms with Gasteiger partial charge in [-0.05, 0) is 103 Å². The van der Waals surface area contributed by atoms with Crippen LogP contribution in [-0.4, -0.2) is 6.54 Å². The molecule has 0 fully saturated rings. The summed E-state index contributed by atoms with van der Waals surface area (Å²) in [6.07, 6.45) is 4.30. The zero-order valence-electron chi connectivity index (χ0n) is 27.3. The highest BCUT2D eigenvalue weighted by molar-refractivity contribution is 6.23. The van der Waals surface area contributed by atoms with Gasteiger partial charge in [0.25, 0.3) is 0 Å². The topological polar surface area (TPSA) is 28.4 Å². The van der Waals surface area contributed by atoms with Crippen LogP contribution in [-0.2, 0) is 0 Å². The second-order valence-electron chi connectivity index (χ2n) is 13.0. The minimum absolute atomic E-state index is 0.772. The van der Waals surface area contributed by atoms with Crippen molar-refractivity contribution < 1.29 is 4.42 Å². The van der Waals surface area contributed by atoms with E-state index in [1.54, 1.807) is 0 Å². The average molecular weight is 641 g/mol. The molecule has 0 saturated heterocycles. The molecule has 8 aromatic carbocycles. The summed E-state index contributed by atoms with van der Waals surface area (Å²) >= 11 is 0. The van der Waals surface area contributed by atoms with Crippen molar-refractivity contribution in [2.24, 2.45) is 0 Å². The average Bonchev–Trinajstić information content (AvgIpc) is 3.56. The Kier molecular flexibility index (Phi) is 6.56. The molecule has 3 nitrogen and oxygen atoms in total. The maximum absolute atomic E-state index is 6.18. The number of fused-ring (bicyclic) bond motifs is 8. The van der Waals surface area contributed by atoms with Crippen molar-refractivity contribution in [1.82, 2.24) is 0 Å². The third-order valence-electron chi connectivity index (χ3n) is 10.1. The van der Waals surface area contributed by atoms with E-state index in [0.29, 0.717) is 0 Å². The fourth-order valence-electron chi connectivity index (χ4n) is 7.65. The van der Waals surface area contributed by atoms with Crippen molar-refractivity contribution in [3.63, 3.8) is 0 Å². The number of hydrogen-bond donors (Lipinski definition) is 1. The lowest BCUT2D eigenvalue weighted by Crippen LogP contribution is -2.10. The first-order valence-electron chi connectivity index (χ1n) is 17.1. The van der Waals surface area contributed by atoms with Crippen molar-refractivity contribution in [2.75, 3.05) is 16.8 Å². The van der Waals surface area contributed by atoms with Gasteiger partial charge >= 0.3 is 0 Å². The van der Waals surface area contributed by atoms with Crippen LogP contribution in [0.4, 0.5) is 22.9 Å². The van der Waals surface area contributed by atoms with E-state index >= 15 is 0 Å². The minimum atomic E-state index is 0.772. The monoisotopic (exact) mass is 640 g/mol. The molecule has 9 aromatic rings.